The zero-order valence-corrected chi connectivity index (χ0v) is 17.1. The number of rotatable bonds is 1. The maximum absolute atomic E-state index is 14.1. The van der Waals surface area contributed by atoms with E-state index in [4.69, 9.17) is 0 Å². The van der Waals surface area contributed by atoms with Gasteiger partial charge in [0.05, 0.1) is 0 Å². The van der Waals surface area contributed by atoms with Gasteiger partial charge >= 0.3 is 182 Å². The van der Waals surface area contributed by atoms with Crippen LogP contribution in [0.2, 0.25) is 0 Å². The molecule has 0 atom stereocenters. The van der Waals surface area contributed by atoms with Crippen molar-refractivity contribution >= 4 is 17.7 Å². The molecule has 0 saturated carbocycles. The normalized spacial score (nSPS) is 24.1. The minimum absolute atomic E-state index is 0.311. The van der Waals surface area contributed by atoms with Crippen molar-refractivity contribution in [2.24, 2.45) is 0 Å². The summed E-state index contributed by atoms with van der Waals surface area (Å²) in [5, 5.41) is -1.92. The summed E-state index contributed by atoms with van der Waals surface area (Å²) in [4.78, 5) is 0. The second-order valence-corrected chi connectivity index (χ2v) is 11.7. The van der Waals surface area contributed by atoms with Crippen LogP contribution in [0.5, 0.6) is 0 Å². The molecule has 0 radical (unpaired) electrons. The molecular weight excluding hydrogens is 519 g/mol. The van der Waals surface area contributed by atoms with E-state index in [0.717, 1.165) is 36.4 Å². The first-order valence-corrected chi connectivity index (χ1v) is 11.4. The van der Waals surface area contributed by atoms with Gasteiger partial charge < -0.3 is 0 Å². The van der Waals surface area contributed by atoms with E-state index in [1.54, 1.807) is 0 Å². The van der Waals surface area contributed by atoms with Crippen LogP contribution in [0.3, 0.4) is 0 Å². The van der Waals surface area contributed by atoms with Crippen LogP contribution in [0.15, 0.2) is 54.6 Å². The van der Waals surface area contributed by atoms with Crippen LogP contribution in [0.1, 0.15) is 5.56 Å². The Hall–Kier alpha value is -2.05. The van der Waals surface area contributed by atoms with Gasteiger partial charge in [-0.2, -0.15) is 0 Å². The van der Waals surface area contributed by atoms with Crippen LogP contribution in [-0.4, -0.2) is 36.5 Å². The van der Waals surface area contributed by atoms with E-state index >= 15 is 0 Å². The summed E-state index contributed by atoms with van der Waals surface area (Å²) in [7, 11) is -6.34. The SMILES string of the molecule is FC(F)(F)C1(C(F)(F)F)CP2(c3ccccc3)(O1)OC(C(F)(F)F)(C(F)(F)F)c1ccccc12. The number of hydrogen-bond acceptors (Lipinski definition) is 2. The summed E-state index contributed by atoms with van der Waals surface area (Å²) in [5.74, 6) is 0. The molecule has 4 rings (SSSR count). The zero-order chi connectivity index (χ0) is 25.7. The third-order valence-electron chi connectivity index (χ3n) is 5.95. The Morgan fingerprint density at radius 3 is 1.47 bits per heavy atom. The topological polar surface area (TPSA) is 18.5 Å². The van der Waals surface area contributed by atoms with Crippen molar-refractivity contribution in [3.8, 4) is 0 Å². The van der Waals surface area contributed by atoms with E-state index in [2.05, 4.69) is 9.05 Å². The molecule has 1 saturated heterocycles. The summed E-state index contributed by atoms with van der Waals surface area (Å²) in [6.07, 6.45) is -27.5. The fourth-order valence-electron chi connectivity index (χ4n) is 4.54. The molecule has 34 heavy (non-hydrogen) atoms. The van der Waals surface area contributed by atoms with Gasteiger partial charge in [-0.25, -0.2) is 0 Å². The quantitative estimate of drug-likeness (QED) is 0.320. The number of hydrogen-bond donors (Lipinski definition) is 0. The molecule has 0 aliphatic carbocycles. The monoisotopic (exact) mass is 530 g/mol. The van der Waals surface area contributed by atoms with Crippen molar-refractivity contribution in [2.45, 2.75) is 35.9 Å². The van der Waals surface area contributed by atoms with Crippen molar-refractivity contribution in [2.75, 3.05) is 6.16 Å². The third kappa shape index (κ3) is 2.73. The predicted molar refractivity (Wildman–Crippen MR) is 94.7 cm³/mol. The Kier molecular flexibility index (Phi) is 4.85. The molecule has 2 aromatic carbocycles. The van der Waals surface area contributed by atoms with E-state index in [0.29, 0.717) is 12.1 Å². The van der Waals surface area contributed by atoms with Gasteiger partial charge in [-0.1, -0.05) is 0 Å². The van der Waals surface area contributed by atoms with E-state index in [9.17, 15) is 52.7 Å². The van der Waals surface area contributed by atoms with E-state index in [1.807, 2.05) is 0 Å². The van der Waals surface area contributed by atoms with Crippen molar-refractivity contribution in [3.05, 3.63) is 60.2 Å². The Morgan fingerprint density at radius 1 is 0.588 bits per heavy atom. The van der Waals surface area contributed by atoms with Gasteiger partial charge in [-0.3, -0.25) is 0 Å². The van der Waals surface area contributed by atoms with Gasteiger partial charge in [0.1, 0.15) is 0 Å². The zero-order valence-electron chi connectivity index (χ0n) is 16.2. The van der Waals surface area contributed by atoms with E-state index < -0.39 is 65.3 Å². The van der Waals surface area contributed by atoms with Crippen LogP contribution in [0, 0.1) is 0 Å². The molecule has 188 valence electrons. The van der Waals surface area contributed by atoms with Crippen LogP contribution in [-0.2, 0) is 14.6 Å². The molecule has 1 spiro atoms. The maximum atomic E-state index is 14.1. The molecular formula is C19H11F12O2P. The average Bonchev–Trinajstić information content (AvgIpc) is 2.96. The molecule has 2 aliphatic rings. The number of halogens is 12. The van der Waals surface area contributed by atoms with E-state index in [-0.39, 0.29) is 0 Å². The molecule has 0 N–H and O–H groups in total. The Labute approximate surface area is 182 Å². The molecule has 2 heterocycles. The molecule has 1 fully saturated rings. The fraction of sp³-hybridized carbons (Fsp3) is 0.368. The van der Waals surface area contributed by atoms with Crippen LogP contribution in [0.4, 0.5) is 52.7 Å². The molecule has 0 unspecified atom stereocenters. The van der Waals surface area contributed by atoms with E-state index in [1.165, 1.54) is 6.07 Å². The third-order valence-corrected chi connectivity index (χ3v) is 11.0. The van der Waals surface area contributed by atoms with Gasteiger partial charge in [0.15, 0.2) is 0 Å². The van der Waals surface area contributed by atoms with Crippen molar-refractivity contribution in [1.82, 2.24) is 0 Å². The Bertz CT molecular complexity index is 1080. The second kappa shape index (κ2) is 6.58. The van der Waals surface area contributed by atoms with Gasteiger partial charge in [-0.15, -0.1) is 0 Å². The predicted octanol–water partition coefficient (Wildman–Crippen LogP) is 6.26. The molecule has 2 aliphatic heterocycles. The summed E-state index contributed by atoms with van der Waals surface area (Å²) < 4.78 is 176. The molecule has 15 heteroatoms. The second-order valence-electron chi connectivity index (χ2n) is 7.82. The minimum atomic E-state index is -6.34. The number of fused-ring (bicyclic) bond motifs is 2. The average molecular weight is 530 g/mol. The molecule has 0 aromatic heterocycles. The standard InChI is InChI=1S/C19H11F12O2P/c20-16(21,22)14(17(23,24)25)10-34(32-14,11-6-2-1-3-7-11)13-9-5-4-8-12(13)15(33-34,18(26,27)28)19(29,30)31/h1-9H,10H2. The number of alkyl halides is 12. The first-order chi connectivity index (χ1) is 15.3. The van der Waals surface area contributed by atoms with Gasteiger partial charge in [0, 0.05) is 0 Å². The van der Waals surface area contributed by atoms with Crippen molar-refractivity contribution in [1.29, 1.82) is 0 Å². The first-order valence-electron chi connectivity index (χ1n) is 9.15. The van der Waals surface area contributed by atoms with Gasteiger partial charge in [0.2, 0.25) is 0 Å². The van der Waals surface area contributed by atoms with Gasteiger partial charge in [-0.05, 0) is 0 Å². The van der Waals surface area contributed by atoms with Crippen LogP contribution in [0.25, 0.3) is 0 Å². The van der Waals surface area contributed by atoms with Crippen molar-refractivity contribution in [3.63, 3.8) is 0 Å². The summed E-state index contributed by atoms with van der Waals surface area (Å²) >= 11 is 0. The number of benzene rings is 2. The Balaban J connectivity index is 2.14. The fourth-order valence-corrected chi connectivity index (χ4v) is 10.5. The van der Waals surface area contributed by atoms with Crippen molar-refractivity contribution < 1.29 is 61.7 Å². The Morgan fingerprint density at radius 2 is 1.03 bits per heavy atom. The molecule has 2 nitrogen and oxygen atoms in total. The molecule has 2 aromatic rings. The van der Waals surface area contributed by atoms with Gasteiger partial charge in [0.25, 0.3) is 0 Å². The van der Waals surface area contributed by atoms with Crippen LogP contribution < -0.4 is 10.6 Å². The van der Waals surface area contributed by atoms with Crippen LogP contribution >= 0.6 is 7.06 Å². The molecule has 0 amide bonds. The summed E-state index contributed by atoms with van der Waals surface area (Å²) in [6, 6.07) is 7.33. The summed E-state index contributed by atoms with van der Waals surface area (Å²) in [5.41, 5.74) is -11.9. The first kappa shape index (κ1) is 25.1. The summed E-state index contributed by atoms with van der Waals surface area (Å²) in [6.45, 7) is 0. The molecule has 0 bridgehead atoms.